The molecule has 2 heterocycles. The Balaban J connectivity index is 1.51. The molecule has 1 N–H and O–H groups in total. The average molecular weight is 559 g/mol. The summed E-state index contributed by atoms with van der Waals surface area (Å²) < 4.78 is 34.7. The Morgan fingerprint density at radius 2 is 1.84 bits per heavy atom. The van der Waals surface area contributed by atoms with E-state index in [9.17, 15) is 13.2 Å². The number of hydrazone groups is 1. The maximum Gasteiger partial charge on any atom is 0.255 e. The first-order chi connectivity index (χ1) is 17.7. The molecule has 0 saturated heterocycles. The third kappa shape index (κ3) is 6.14. The predicted octanol–water partition coefficient (Wildman–Crippen LogP) is 5.34. The van der Waals surface area contributed by atoms with E-state index < -0.39 is 22.5 Å². The number of hydrogen-bond donors (Lipinski definition) is 1. The van der Waals surface area contributed by atoms with Crippen LogP contribution in [0.2, 0.25) is 10.0 Å². The van der Waals surface area contributed by atoms with Crippen molar-refractivity contribution in [3.63, 3.8) is 0 Å². The normalized spacial score (nSPS) is 11.9. The Morgan fingerprint density at radius 1 is 1.08 bits per heavy atom. The van der Waals surface area contributed by atoms with Crippen molar-refractivity contribution < 1.29 is 17.6 Å². The first kappa shape index (κ1) is 26.7. The lowest BCUT2D eigenvalue weighted by molar-refractivity contribution is -0.121. The molecule has 0 fully saturated rings. The minimum absolute atomic E-state index is 0.0740. The first-order valence-electron chi connectivity index (χ1n) is 11.2. The van der Waals surface area contributed by atoms with Crippen molar-refractivity contribution >= 4 is 45.3 Å². The van der Waals surface area contributed by atoms with Gasteiger partial charge in [-0.2, -0.15) is 9.41 Å². The molecule has 192 valence electrons. The Kier molecular flexibility index (Phi) is 8.19. The lowest BCUT2D eigenvalue weighted by atomic mass is 10.2. The number of carbonyl (C=O) groups excluding carboxylic acids is 1. The van der Waals surface area contributed by atoms with Gasteiger partial charge in [-0.3, -0.25) is 4.79 Å². The second-order valence-electron chi connectivity index (χ2n) is 8.22. The molecule has 37 heavy (non-hydrogen) atoms. The molecule has 0 saturated carbocycles. The molecule has 0 aliphatic heterocycles. The van der Waals surface area contributed by atoms with Crippen molar-refractivity contribution in [2.75, 3.05) is 6.54 Å². The minimum atomic E-state index is -3.96. The molecule has 0 spiro atoms. The first-order valence-corrected chi connectivity index (χ1v) is 13.4. The SMILES string of the molecule is Cc1cc(/C=N/NC(=O)CN(Cc2ccco2)S(=O)(=O)c2ccccc2)c(C)n1-c1cc(Cl)ccc1Cl. The zero-order valence-corrected chi connectivity index (χ0v) is 22.4. The fourth-order valence-corrected chi connectivity index (χ4v) is 5.61. The maximum atomic E-state index is 13.2. The van der Waals surface area contributed by atoms with Gasteiger partial charge in [-0.15, -0.1) is 0 Å². The molecule has 0 aliphatic carbocycles. The van der Waals surface area contributed by atoms with Gasteiger partial charge in [0.05, 0.1) is 41.2 Å². The van der Waals surface area contributed by atoms with Crippen LogP contribution in [0.5, 0.6) is 0 Å². The number of nitrogens with zero attached hydrogens (tertiary/aromatic N) is 3. The van der Waals surface area contributed by atoms with Gasteiger partial charge in [0, 0.05) is 22.0 Å². The summed E-state index contributed by atoms with van der Waals surface area (Å²) in [6.07, 6.45) is 2.94. The van der Waals surface area contributed by atoms with Gasteiger partial charge >= 0.3 is 0 Å². The lowest BCUT2D eigenvalue weighted by Gasteiger charge is -2.20. The van der Waals surface area contributed by atoms with Crippen LogP contribution in [0.4, 0.5) is 0 Å². The van der Waals surface area contributed by atoms with Gasteiger partial charge in [0.15, 0.2) is 0 Å². The number of sulfonamides is 1. The highest BCUT2D eigenvalue weighted by atomic mass is 35.5. The molecule has 4 rings (SSSR count). The monoisotopic (exact) mass is 558 g/mol. The molecular formula is C26H24Cl2N4O4S. The van der Waals surface area contributed by atoms with Gasteiger partial charge in [0.2, 0.25) is 10.0 Å². The summed E-state index contributed by atoms with van der Waals surface area (Å²) in [6, 6.07) is 18.3. The number of aryl methyl sites for hydroxylation is 1. The number of amides is 1. The van der Waals surface area contributed by atoms with E-state index >= 15 is 0 Å². The zero-order valence-electron chi connectivity index (χ0n) is 20.1. The third-order valence-corrected chi connectivity index (χ3v) is 7.99. The van der Waals surface area contributed by atoms with Crippen LogP contribution in [-0.4, -0.2) is 36.0 Å². The fourth-order valence-electron chi connectivity index (χ4n) is 3.86. The van der Waals surface area contributed by atoms with E-state index in [1.807, 2.05) is 24.5 Å². The minimum Gasteiger partial charge on any atom is -0.468 e. The molecule has 8 nitrogen and oxygen atoms in total. The second-order valence-corrected chi connectivity index (χ2v) is 11.0. The maximum absolute atomic E-state index is 13.2. The molecular weight excluding hydrogens is 535 g/mol. The highest BCUT2D eigenvalue weighted by Gasteiger charge is 2.27. The van der Waals surface area contributed by atoms with E-state index in [0.29, 0.717) is 15.8 Å². The summed E-state index contributed by atoms with van der Waals surface area (Å²) in [5.74, 6) is -0.197. The smallest absolute Gasteiger partial charge is 0.255 e. The molecule has 0 bridgehead atoms. The molecule has 2 aromatic heterocycles. The Bertz CT molecular complexity index is 1530. The standard InChI is InChI=1S/C26H24Cl2N4O4S/c1-18-13-20(19(2)32(18)25-14-21(27)10-11-24(25)28)15-29-30-26(33)17-31(16-22-7-6-12-36-22)37(34,35)23-8-4-3-5-9-23/h3-15H,16-17H2,1-2H3,(H,30,33)/b29-15+. The number of aromatic nitrogens is 1. The number of hydrogen-bond acceptors (Lipinski definition) is 5. The van der Waals surface area contributed by atoms with Crippen LogP contribution in [0.15, 0.2) is 87.4 Å². The Labute approximate surface area is 225 Å². The average Bonchev–Trinajstić information content (AvgIpc) is 3.48. The Hall–Kier alpha value is -3.37. The molecule has 1 amide bonds. The number of carbonyl (C=O) groups is 1. The van der Waals surface area contributed by atoms with Gasteiger partial charge in [0.25, 0.3) is 5.91 Å². The van der Waals surface area contributed by atoms with Crippen LogP contribution < -0.4 is 5.43 Å². The number of furan rings is 1. The quantitative estimate of drug-likeness (QED) is 0.221. The van der Waals surface area contributed by atoms with E-state index in [4.69, 9.17) is 27.6 Å². The number of nitrogens with one attached hydrogen (secondary N) is 1. The van der Waals surface area contributed by atoms with Crippen molar-refractivity contribution in [1.82, 2.24) is 14.3 Å². The molecule has 0 unspecified atom stereocenters. The van der Waals surface area contributed by atoms with E-state index in [-0.39, 0.29) is 11.4 Å². The van der Waals surface area contributed by atoms with Gasteiger partial charge in [0.1, 0.15) is 5.76 Å². The van der Waals surface area contributed by atoms with E-state index in [1.165, 1.54) is 24.6 Å². The third-order valence-electron chi connectivity index (χ3n) is 5.63. The number of benzene rings is 2. The van der Waals surface area contributed by atoms with E-state index in [1.54, 1.807) is 48.5 Å². The summed E-state index contributed by atoms with van der Waals surface area (Å²) in [7, 11) is -3.96. The van der Waals surface area contributed by atoms with Crippen molar-refractivity contribution in [2.24, 2.45) is 5.10 Å². The highest BCUT2D eigenvalue weighted by molar-refractivity contribution is 7.89. The summed E-state index contributed by atoms with van der Waals surface area (Å²) in [4.78, 5) is 12.8. The van der Waals surface area contributed by atoms with Crippen LogP contribution in [0.1, 0.15) is 22.7 Å². The number of halogens is 2. The number of rotatable bonds is 9. The summed E-state index contributed by atoms with van der Waals surface area (Å²) in [5, 5.41) is 5.15. The predicted molar refractivity (Wildman–Crippen MR) is 144 cm³/mol. The highest BCUT2D eigenvalue weighted by Crippen LogP contribution is 2.28. The summed E-state index contributed by atoms with van der Waals surface area (Å²) >= 11 is 12.5. The zero-order chi connectivity index (χ0) is 26.6. The van der Waals surface area contributed by atoms with E-state index in [2.05, 4.69) is 10.5 Å². The molecule has 11 heteroatoms. The fraction of sp³-hybridized carbons (Fsp3) is 0.154. The molecule has 2 aromatic carbocycles. The summed E-state index contributed by atoms with van der Waals surface area (Å²) in [6.45, 7) is 3.25. The largest absolute Gasteiger partial charge is 0.468 e. The topological polar surface area (TPSA) is 96.9 Å². The van der Waals surface area contributed by atoms with Crippen LogP contribution in [0.3, 0.4) is 0 Å². The van der Waals surface area contributed by atoms with Crippen LogP contribution in [0, 0.1) is 13.8 Å². The molecule has 4 aromatic rings. The van der Waals surface area contributed by atoms with Crippen LogP contribution in [0.25, 0.3) is 5.69 Å². The van der Waals surface area contributed by atoms with Crippen LogP contribution in [-0.2, 0) is 21.4 Å². The van der Waals surface area contributed by atoms with Crippen LogP contribution >= 0.6 is 23.2 Å². The molecule has 0 radical (unpaired) electrons. The van der Waals surface area contributed by atoms with Crippen molar-refractivity contribution in [3.8, 4) is 5.69 Å². The van der Waals surface area contributed by atoms with Crippen molar-refractivity contribution in [2.45, 2.75) is 25.3 Å². The van der Waals surface area contributed by atoms with E-state index in [0.717, 1.165) is 26.9 Å². The molecule has 0 aliphatic rings. The lowest BCUT2D eigenvalue weighted by Crippen LogP contribution is -2.39. The van der Waals surface area contributed by atoms with Crippen molar-refractivity contribution in [1.29, 1.82) is 0 Å². The van der Waals surface area contributed by atoms with Gasteiger partial charge in [-0.05, 0) is 62.4 Å². The Morgan fingerprint density at radius 3 is 2.54 bits per heavy atom. The summed E-state index contributed by atoms with van der Waals surface area (Å²) in [5.41, 5.74) is 5.63. The van der Waals surface area contributed by atoms with Gasteiger partial charge < -0.3 is 8.98 Å². The van der Waals surface area contributed by atoms with Gasteiger partial charge in [-0.25, -0.2) is 13.8 Å². The second kappa shape index (κ2) is 11.4. The van der Waals surface area contributed by atoms with Crippen molar-refractivity contribution in [3.05, 3.63) is 106 Å². The van der Waals surface area contributed by atoms with Gasteiger partial charge in [-0.1, -0.05) is 41.4 Å². The molecule has 0 atom stereocenters.